The highest BCUT2D eigenvalue weighted by Crippen LogP contribution is 2.16. The van der Waals surface area contributed by atoms with Crippen molar-refractivity contribution in [3.05, 3.63) is 73.3 Å². The molecule has 124 valence electrons. The molecule has 0 radical (unpaired) electrons. The second kappa shape index (κ2) is 12.3. The Bertz CT molecular complexity index is 508. The number of benzene rings is 2. The molecule has 0 heterocycles. The number of hydrogen-bond donors (Lipinski definition) is 0. The van der Waals surface area contributed by atoms with E-state index in [-0.39, 0.29) is 6.10 Å². The number of unbranched alkanes of at least 4 members (excludes halogenated alkanes) is 1. The minimum atomic E-state index is 0.282. The van der Waals surface area contributed by atoms with Gasteiger partial charge in [-0.15, -0.1) is 6.58 Å². The molecule has 0 aliphatic rings. The van der Waals surface area contributed by atoms with Crippen LogP contribution in [0.4, 0.5) is 0 Å². The van der Waals surface area contributed by atoms with E-state index in [0.29, 0.717) is 0 Å². The van der Waals surface area contributed by atoms with Crippen LogP contribution >= 0.6 is 0 Å². The summed E-state index contributed by atoms with van der Waals surface area (Å²) in [4.78, 5) is 0. The van der Waals surface area contributed by atoms with Crippen molar-refractivity contribution in [1.82, 2.24) is 0 Å². The van der Waals surface area contributed by atoms with E-state index in [2.05, 4.69) is 13.5 Å². The molecule has 0 aromatic heterocycles. The van der Waals surface area contributed by atoms with Crippen molar-refractivity contribution in [2.24, 2.45) is 0 Å². The highest BCUT2D eigenvalue weighted by molar-refractivity contribution is 5.21. The van der Waals surface area contributed by atoms with Gasteiger partial charge in [0.2, 0.25) is 0 Å². The van der Waals surface area contributed by atoms with E-state index < -0.39 is 0 Å². The predicted molar refractivity (Wildman–Crippen MR) is 98.2 cm³/mol. The summed E-state index contributed by atoms with van der Waals surface area (Å²) in [6.07, 6.45) is 6.68. The fourth-order valence-corrected chi connectivity index (χ4v) is 2.09. The summed E-state index contributed by atoms with van der Waals surface area (Å²) in [6, 6.07) is 19.7. The minimum Gasteiger partial charge on any atom is -0.497 e. The molecular formula is C21H28O2. The average Bonchev–Trinajstić information content (AvgIpc) is 2.62. The quantitative estimate of drug-likeness (QED) is 0.565. The summed E-state index contributed by atoms with van der Waals surface area (Å²) in [7, 11) is 1.66. The van der Waals surface area contributed by atoms with Crippen molar-refractivity contribution >= 4 is 0 Å². The standard InChI is InChI=1S/C14H20O.C7H8O/c1-3-5-10-13(9-4-2)15-14-11-7-6-8-12-14;1-8-7-5-3-2-4-6-7/h4,6-8,11-13H,2-3,5,9-10H2,1H3;2-6H,1H3. The van der Waals surface area contributed by atoms with Gasteiger partial charge in [0, 0.05) is 6.42 Å². The lowest BCUT2D eigenvalue weighted by molar-refractivity contribution is 0.191. The lowest BCUT2D eigenvalue weighted by Crippen LogP contribution is -2.15. The average molecular weight is 312 g/mol. The van der Waals surface area contributed by atoms with Gasteiger partial charge in [-0.3, -0.25) is 0 Å². The van der Waals surface area contributed by atoms with Crippen molar-refractivity contribution in [3.8, 4) is 11.5 Å². The van der Waals surface area contributed by atoms with Crippen LogP contribution < -0.4 is 9.47 Å². The first-order valence-corrected chi connectivity index (χ1v) is 8.21. The maximum absolute atomic E-state index is 5.89. The Hall–Kier alpha value is -2.22. The van der Waals surface area contributed by atoms with Crippen LogP contribution in [0.2, 0.25) is 0 Å². The molecule has 1 atom stereocenters. The molecule has 23 heavy (non-hydrogen) atoms. The highest BCUT2D eigenvalue weighted by atomic mass is 16.5. The molecule has 0 saturated heterocycles. The summed E-state index contributed by atoms with van der Waals surface area (Å²) >= 11 is 0. The Labute approximate surface area is 140 Å². The number of rotatable bonds is 8. The Morgan fingerprint density at radius 2 is 1.52 bits per heavy atom. The van der Waals surface area contributed by atoms with Gasteiger partial charge in [-0.1, -0.05) is 62.2 Å². The molecule has 2 heteroatoms. The van der Waals surface area contributed by atoms with Crippen molar-refractivity contribution in [1.29, 1.82) is 0 Å². The third-order valence-corrected chi connectivity index (χ3v) is 3.33. The first kappa shape index (κ1) is 18.8. The molecule has 0 amide bonds. The first-order valence-electron chi connectivity index (χ1n) is 8.21. The number of methoxy groups -OCH3 is 1. The van der Waals surface area contributed by atoms with Crippen LogP contribution in [0.1, 0.15) is 32.6 Å². The number of ether oxygens (including phenoxy) is 2. The van der Waals surface area contributed by atoms with Crippen LogP contribution in [0.3, 0.4) is 0 Å². The summed E-state index contributed by atoms with van der Waals surface area (Å²) in [5.41, 5.74) is 0. The monoisotopic (exact) mass is 312 g/mol. The lowest BCUT2D eigenvalue weighted by Gasteiger charge is -2.17. The van der Waals surface area contributed by atoms with Gasteiger partial charge < -0.3 is 9.47 Å². The molecule has 2 nitrogen and oxygen atoms in total. The third kappa shape index (κ3) is 8.72. The summed E-state index contributed by atoms with van der Waals surface area (Å²) in [5.74, 6) is 1.87. The van der Waals surface area contributed by atoms with Gasteiger partial charge in [0.25, 0.3) is 0 Å². The molecule has 0 aliphatic heterocycles. The third-order valence-electron chi connectivity index (χ3n) is 3.33. The topological polar surface area (TPSA) is 18.5 Å². The number of hydrogen-bond acceptors (Lipinski definition) is 2. The highest BCUT2D eigenvalue weighted by Gasteiger charge is 2.07. The molecule has 0 aliphatic carbocycles. The van der Waals surface area contributed by atoms with Gasteiger partial charge in [-0.2, -0.15) is 0 Å². The van der Waals surface area contributed by atoms with E-state index in [9.17, 15) is 0 Å². The second-order valence-electron chi connectivity index (χ2n) is 5.24. The SMILES string of the molecule is C=CCC(CCCC)Oc1ccccc1.COc1ccccc1. The van der Waals surface area contributed by atoms with Gasteiger partial charge in [0.05, 0.1) is 7.11 Å². The van der Waals surface area contributed by atoms with E-state index in [1.165, 1.54) is 12.8 Å². The largest absolute Gasteiger partial charge is 0.497 e. The summed E-state index contributed by atoms with van der Waals surface area (Å²) in [6.45, 7) is 5.97. The normalized spacial score (nSPS) is 10.9. The van der Waals surface area contributed by atoms with Gasteiger partial charge in [0.1, 0.15) is 17.6 Å². The molecule has 0 bridgehead atoms. The Morgan fingerprint density at radius 1 is 0.957 bits per heavy atom. The first-order chi connectivity index (χ1) is 11.3. The van der Waals surface area contributed by atoms with Crippen LogP contribution in [-0.4, -0.2) is 13.2 Å². The molecule has 0 N–H and O–H groups in total. The maximum Gasteiger partial charge on any atom is 0.119 e. The van der Waals surface area contributed by atoms with Gasteiger partial charge in [-0.05, 0) is 30.7 Å². The maximum atomic E-state index is 5.89. The minimum absolute atomic E-state index is 0.282. The van der Waals surface area contributed by atoms with E-state index >= 15 is 0 Å². The summed E-state index contributed by atoms with van der Waals surface area (Å²) < 4.78 is 10.8. The number of para-hydroxylation sites is 2. The predicted octanol–water partition coefficient (Wildman–Crippen LogP) is 5.90. The molecular weight excluding hydrogens is 284 g/mol. The lowest BCUT2D eigenvalue weighted by atomic mass is 10.1. The van der Waals surface area contributed by atoms with E-state index in [0.717, 1.165) is 24.3 Å². The molecule has 2 rings (SSSR count). The second-order valence-corrected chi connectivity index (χ2v) is 5.24. The van der Waals surface area contributed by atoms with E-state index in [1.54, 1.807) is 7.11 Å². The van der Waals surface area contributed by atoms with Crippen molar-refractivity contribution in [2.45, 2.75) is 38.7 Å². The fourth-order valence-electron chi connectivity index (χ4n) is 2.09. The van der Waals surface area contributed by atoms with Crippen LogP contribution in [0.5, 0.6) is 11.5 Å². The zero-order chi connectivity index (χ0) is 16.8. The van der Waals surface area contributed by atoms with Gasteiger partial charge in [-0.25, -0.2) is 0 Å². The van der Waals surface area contributed by atoms with Crippen LogP contribution in [0.25, 0.3) is 0 Å². The zero-order valence-electron chi connectivity index (χ0n) is 14.3. The molecule has 1 unspecified atom stereocenters. The molecule has 0 saturated carbocycles. The zero-order valence-corrected chi connectivity index (χ0v) is 14.3. The molecule has 0 fully saturated rings. The Balaban J connectivity index is 0.000000277. The Kier molecular flexibility index (Phi) is 10.1. The summed E-state index contributed by atoms with van der Waals surface area (Å²) in [5, 5.41) is 0. The fraction of sp³-hybridized carbons (Fsp3) is 0.333. The van der Waals surface area contributed by atoms with Crippen LogP contribution in [0.15, 0.2) is 73.3 Å². The molecule has 2 aromatic carbocycles. The molecule has 2 aromatic rings. The van der Waals surface area contributed by atoms with Gasteiger partial charge >= 0.3 is 0 Å². The van der Waals surface area contributed by atoms with Crippen molar-refractivity contribution in [2.75, 3.05) is 7.11 Å². The van der Waals surface area contributed by atoms with E-state index in [1.807, 2.05) is 66.7 Å². The Morgan fingerprint density at radius 3 is 1.96 bits per heavy atom. The van der Waals surface area contributed by atoms with E-state index in [4.69, 9.17) is 9.47 Å². The van der Waals surface area contributed by atoms with Crippen LogP contribution in [0, 0.1) is 0 Å². The van der Waals surface area contributed by atoms with Crippen molar-refractivity contribution in [3.63, 3.8) is 0 Å². The van der Waals surface area contributed by atoms with Gasteiger partial charge in [0.15, 0.2) is 0 Å². The smallest absolute Gasteiger partial charge is 0.119 e. The van der Waals surface area contributed by atoms with Crippen molar-refractivity contribution < 1.29 is 9.47 Å². The van der Waals surface area contributed by atoms with Crippen LogP contribution in [-0.2, 0) is 0 Å². The molecule has 0 spiro atoms.